The van der Waals surface area contributed by atoms with Crippen LogP contribution in [0.5, 0.6) is 0 Å². The summed E-state index contributed by atoms with van der Waals surface area (Å²) < 4.78 is 0. The van der Waals surface area contributed by atoms with Gasteiger partial charge in [-0.1, -0.05) is 7.43 Å². The number of carboxylic acid groups (broad SMARTS) is 1. The molecule has 0 amide bonds. The summed E-state index contributed by atoms with van der Waals surface area (Å²) in [6, 6.07) is -0.405. The fourth-order valence-electron chi connectivity index (χ4n) is 0.410. The summed E-state index contributed by atoms with van der Waals surface area (Å²) >= 11 is 1.62. The van der Waals surface area contributed by atoms with Gasteiger partial charge in [0.05, 0.1) is 0 Å². The molecule has 0 aliphatic heterocycles. The predicted octanol–water partition coefficient (Wildman–Crippen LogP) is 1.41. The SMILES string of the molecule is C.CN[C@@H](CSPP)C(=O)O.[V]. The maximum atomic E-state index is 10.4. The van der Waals surface area contributed by atoms with Crippen LogP contribution in [0.15, 0.2) is 0 Å². The molecular weight excluding hydrogens is 251 g/mol. The van der Waals surface area contributed by atoms with E-state index in [1.54, 1.807) is 18.4 Å². The van der Waals surface area contributed by atoms with Gasteiger partial charge in [0.2, 0.25) is 0 Å². The number of carbonyl (C=O) groups is 1. The average Bonchev–Trinajstić information content (AvgIpc) is 1.89. The fraction of sp³-hybridized carbons (Fsp3) is 0.800. The van der Waals surface area contributed by atoms with Crippen LogP contribution in [0.4, 0.5) is 0 Å². The molecule has 0 saturated heterocycles. The minimum absolute atomic E-state index is 0. The van der Waals surface area contributed by atoms with Gasteiger partial charge in [-0.05, 0) is 14.5 Å². The summed E-state index contributed by atoms with van der Waals surface area (Å²) in [6.45, 7) is 0. The minimum Gasteiger partial charge on any atom is -0.480 e. The van der Waals surface area contributed by atoms with Crippen molar-refractivity contribution in [3.05, 3.63) is 0 Å². The minimum atomic E-state index is -0.779. The number of rotatable bonds is 5. The molecule has 7 heteroatoms. The van der Waals surface area contributed by atoms with E-state index >= 15 is 0 Å². The zero-order chi connectivity index (χ0) is 7.98. The van der Waals surface area contributed by atoms with Crippen molar-refractivity contribution in [3.63, 3.8) is 0 Å². The standard InChI is InChI=1S/C4H11NO2P2S.CH4.V/c1-5-3(4(6)7)2-10-9-8;;/h3,5,9H,2,8H2,1H3,(H,6,7);1H4;/t3-;;/m0../s1. The Morgan fingerprint density at radius 3 is 2.58 bits per heavy atom. The van der Waals surface area contributed by atoms with E-state index in [0.29, 0.717) is 13.2 Å². The summed E-state index contributed by atoms with van der Waals surface area (Å²) in [7, 11) is 4.90. The Kier molecular flexibility index (Phi) is 19.3. The summed E-state index contributed by atoms with van der Waals surface area (Å²) in [6.07, 6.45) is 0. The van der Waals surface area contributed by atoms with Gasteiger partial charge in [0.25, 0.3) is 0 Å². The normalized spacial score (nSPS) is 11.8. The molecule has 0 saturated carbocycles. The van der Waals surface area contributed by atoms with Crippen molar-refractivity contribution < 1.29 is 28.5 Å². The van der Waals surface area contributed by atoms with E-state index < -0.39 is 12.0 Å². The van der Waals surface area contributed by atoms with Crippen molar-refractivity contribution in [1.29, 1.82) is 0 Å². The zero-order valence-electron chi connectivity index (χ0n) is 6.07. The van der Waals surface area contributed by atoms with Crippen LogP contribution in [0.1, 0.15) is 7.43 Å². The first-order valence-electron chi connectivity index (χ1n) is 2.69. The molecule has 0 fully saturated rings. The second-order valence-corrected chi connectivity index (χ2v) is 6.16. The van der Waals surface area contributed by atoms with E-state index in [2.05, 4.69) is 14.2 Å². The number of hydrogen-bond acceptors (Lipinski definition) is 3. The molecule has 0 spiro atoms. The number of likely N-dealkylation sites (N-methyl/N-ethyl adjacent to an activating group) is 1. The molecule has 0 rings (SSSR count). The van der Waals surface area contributed by atoms with E-state index in [9.17, 15) is 4.79 Å². The number of carboxylic acids is 1. The third-order valence-corrected chi connectivity index (χ3v) is 4.15. The molecule has 0 bridgehead atoms. The summed E-state index contributed by atoms with van der Waals surface area (Å²) in [5.74, 6) is -0.147. The summed E-state index contributed by atoms with van der Waals surface area (Å²) in [5, 5.41) is 11.2. The van der Waals surface area contributed by atoms with Gasteiger partial charge in [0, 0.05) is 24.3 Å². The van der Waals surface area contributed by atoms with Crippen molar-refractivity contribution >= 4 is 33.8 Å². The average molecular weight is 266 g/mol. The second-order valence-electron chi connectivity index (χ2n) is 1.61. The maximum Gasteiger partial charge on any atom is 0.321 e. The van der Waals surface area contributed by atoms with E-state index in [1.807, 2.05) is 0 Å². The van der Waals surface area contributed by atoms with E-state index in [-0.39, 0.29) is 26.0 Å². The van der Waals surface area contributed by atoms with Crippen LogP contribution >= 0.6 is 27.8 Å². The molecule has 3 atom stereocenters. The van der Waals surface area contributed by atoms with Gasteiger partial charge in [-0.25, -0.2) is 0 Å². The Morgan fingerprint density at radius 1 is 1.83 bits per heavy atom. The third kappa shape index (κ3) is 9.31. The van der Waals surface area contributed by atoms with Gasteiger partial charge < -0.3 is 10.4 Å². The Balaban J connectivity index is -0.000000405. The van der Waals surface area contributed by atoms with Gasteiger partial charge in [0.15, 0.2) is 0 Å². The number of hydrogen-bond donors (Lipinski definition) is 2. The zero-order valence-corrected chi connectivity index (χ0v) is 10.4. The maximum absolute atomic E-state index is 10.4. The summed E-state index contributed by atoms with van der Waals surface area (Å²) in [4.78, 5) is 10.4. The summed E-state index contributed by atoms with van der Waals surface area (Å²) in [5.41, 5.74) is 0. The van der Waals surface area contributed by atoms with Gasteiger partial charge in [-0.15, -0.1) is 20.3 Å². The van der Waals surface area contributed by atoms with Crippen LogP contribution in [0.2, 0.25) is 0 Å². The molecule has 0 aliphatic rings. The van der Waals surface area contributed by atoms with Crippen LogP contribution in [0, 0.1) is 0 Å². The Hall–Kier alpha value is 1.22. The molecule has 0 aromatic carbocycles. The first kappa shape index (κ1) is 18.9. The van der Waals surface area contributed by atoms with Crippen molar-refractivity contribution in [2.24, 2.45) is 0 Å². The van der Waals surface area contributed by atoms with Crippen LogP contribution in [-0.2, 0) is 23.4 Å². The molecular formula is C5H15NO2P2SV. The number of aliphatic carboxylic acids is 1. The molecule has 0 aromatic rings. The van der Waals surface area contributed by atoms with Crippen LogP contribution in [-0.4, -0.2) is 29.9 Å². The van der Waals surface area contributed by atoms with Gasteiger partial charge in [-0.3, -0.25) is 4.79 Å². The van der Waals surface area contributed by atoms with Gasteiger partial charge in [0.1, 0.15) is 6.04 Å². The van der Waals surface area contributed by atoms with Gasteiger partial charge in [-0.2, -0.15) is 0 Å². The Labute approximate surface area is 93.7 Å². The van der Waals surface area contributed by atoms with Crippen molar-refractivity contribution in [1.82, 2.24) is 5.32 Å². The molecule has 3 nitrogen and oxygen atoms in total. The predicted molar refractivity (Wildman–Crippen MR) is 57.7 cm³/mol. The van der Waals surface area contributed by atoms with Crippen molar-refractivity contribution in [2.45, 2.75) is 13.5 Å². The Morgan fingerprint density at radius 2 is 2.33 bits per heavy atom. The van der Waals surface area contributed by atoms with E-state index in [0.717, 1.165) is 0 Å². The quantitative estimate of drug-likeness (QED) is 0.739. The van der Waals surface area contributed by atoms with Gasteiger partial charge >= 0.3 is 5.97 Å². The molecule has 12 heavy (non-hydrogen) atoms. The molecule has 0 aliphatic carbocycles. The van der Waals surface area contributed by atoms with E-state index in [4.69, 9.17) is 5.11 Å². The van der Waals surface area contributed by atoms with Crippen LogP contribution in [0.3, 0.4) is 0 Å². The molecule has 1 radical (unpaired) electrons. The largest absolute Gasteiger partial charge is 0.480 e. The second kappa shape index (κ2) is 12.2. The molecule has 0 heterocycles. The molecule has 2 unspecified atom stereocenters. The number of nitrogens with one attached hydrogen (secondary N) is 1. The van der Waals surface area contributed by atoms with Crippen molar-refractivity contribution in [3.8, 4) is 0 Å². The van der Waals surface area contributed by atoms with E-state index in [1.165, 1.54) is 0 Å². The smallest absolute Gasteiger partial charge is 0.321 e. The van der Waals surface area contributed by atoms with Crippen LogP contribution < -0.4 is 5.32 Å². The third-order valence-electron chi connectivity index (χ3n) is 0.980. The van der Waals surface area contributed by atoms with Crippen LogP contribution in [0.25, 0.3) is 0 Å². The fourth-order valence-corrected chi connectivity index (χ4v) is 2.64. The molecule has 73 valence electrons. The Bertz CT molecular complexity index is 120. The van der Waals surface area contributed by atoms with Crippen molar-refractivity contribution in [2.75, 3.05) is 12.8 Å². The first-order valence-corrected chi connectivity index (χ1v) is 7.21. The topological polar surface area (TPSA) is 49.3 Å². The first-order chi connectivity index (χ1) is 4.72. The molecule has 2 N–H and O–H groups in total. The molecule has 0 aromatic heterocycles. The monoisotopic (exact) mass is 266 g/mol.